The van der Waals surface area contributed by atoms with Crippen LogP contribution in [-0.2, 0) is 84.3 Å². The molecule has 0 unspecified atom stereocenters. The minimum atomic E-state index is 0. The van der Waals surface area contributed by atoms with E-state index in [1.165, 1.54) is 0 Å². The largest absolute Gasteiger partial charge is 0 e. The topological polar surface area (TPSA) is 0 Å². The summed E-state index contributed by atoms with van der Waals surface area (Å²) in [4.78, 5) is 0. The SMILES string of the molecule is [Mo].[Mo].[SeH2].[W].[W]. The quantitative estimate of drug-likeness (QED) is 0.301. The fourth-order valence-corrected chi connectivity index (χ4v) is 0. The second-order valence-electron chi connectivity index (χ2n) is 0. The zero-order chi connectivity index (χ0) is 0. The number of hydrogen-bond donors (Lipinski definition) is 0. The van der Waals surface area contributed by atoms with Gasteiger partial charge in [-0.25, -0.2) is 0 Å². The predicted molar refractivity (Wildman–Crippen MR) is 8.54 cm³/mol. The summed E-state index contributed by atoms with van der Waals surface area (Å²) in [6, 6.07) is 0. The minimum Gasteiger partial charge on any atom is 0 e. The molecule has 32 valence electrons. The third-order valence-corrected chi connectivity index (χ3v) is 0. The van der Waals surface area contributed by atoms with Crippen LogP contribution in [0, 0.1) is 0 Å². The Morgan fingerprint density at radius 3 is 0.600 bits per heavy atom. The summed E-state index contributed by atoms with van der Waals surface area (Å²) < 4.78 is 0. The van der Waals surface area contributed by atoms with Gasteiger partial charge in [0.15, 0.2) is 0 Å². The molecule has 0 amide bonds. The first-order valence-electron chi connectivity index (χ1n) is 0. The van der Waals surface area contributed by atoms with Crippen LogP contribution in [0.4, 0.5) is 0 Å². The van der Waals surface area contributed by atoms with Gasteiger partial charge in [-0.15, -0.1) is 0 Å². The molecule has 0 fully saturated rings. The third kappa shape index (κ3) is 18.9. The molecule has 0 saturated heterocycles. The molecule has 0 rings (SSSR count). The molecule has 0 aromatic rings. The van der Waals surface area contributed by atoms with Gasteiger partial charge in [0.05, 0.1) is 0 Å². The Bertz CT molecular complexity index is 7.61. The van der Waals surface area contributed by atoms with Crippen molar-refractivity contribution in [3.63, 3.8) is 0 Å². The molecule has 0 aliphatic rings. The van der Waals surface area contributed by atoms with E-state index in [2.05, 4.69) is 0 Å². The van der Waals surface area contributed by atoms with Gasteiger partial charge in [0.1, 0.15) is 0 Å². The van der Waals surface area contributed by atoms with E-state index in [1.54, 1.807) is 0 Å². The summed E-state index contributed by atoms with van der Waals surface area (Å²) in [5.74, 6) is 0. The Hall–Kier alpha value is 3.27. The van der Waals surface area contributed by atoms with Crippen molar-refractivity contribution in [2.24, 2.45) is 0 Å². The fourth-order valence-electron chi connectivity index (χ4n) is 0. The summed E-state index contributed by atoms with van der Waals surface area (Å²) >= 11 is 0. The molecule has 0 spiro atoms. The van der Waals surface area contributed by atoms with Gasteiger partial charge in [-0.1, -0.05) is 0 Å². The van der Waals surface area contributed by atoms with Gasteiger partial charge in [-0.05, 0) is 0 Å². The van der Waals surface area contributed by atoms with E-state index in [1.807, 2.05) is 0 Å². The van der Waals surface area contributed by atoms with Gasteiger partial charge in [0, 0.05) is 84.3 Å². The van der Waals surface area contributed by atoms with Crippen LogP contribution in [0.25, 0.3) is 0 Å². The van der Waals surface area contributed by atoms with E-state index in [0.29, 0.717) is 0 Å². The van der Waals surface area contributed by atoms with Crippen LogP contribution in [0.5, 0.6) is 0 Å². The van der Waals surface area contributed by atoms with Crippen LogP contribution < -0.4 is 0 Å². The molecule has 0 aromatic carbocycles. The molecule has 5 heteroatoms. The van der Waals surface area contributed by atoms with Gasteiger partial charge < -0.3 is 0 Å². The van der Waals surface area contributed by atoms with Crippen molar-refractivity contribution >= 4 is 17.1 Å². The van der Waals surface area contributed by atoms with Gasteiger partial charge in [-0.3, -0.25) is 0 Å². The van der Waals surface area contributed by atoms with Crippen LogP contribution >= 0.6 is 0 Å². The van der Waals surface area contributed by atoms with E-state index in [0.717, 1.165) is 0 Å². The normalized spacial score (nSPS) is 0. The standard InChI is InChI=1S/2Mo.H2Se.2W/h;;1H2;;. The Kier molecular flexibility index (Phi) is 218. The zero-order valence-electron chi connectivity index (χ0n) is 2.13. The van der Waals surface area contributed by atoms with Crippen molar-refractivity contribution in [2.45, 2.75) is 0 Å². The third-order valence-electron chi connectivity index (χ3n) is 0. The maximum Gasteiger partial charge on any atom is 0 e. The summed E-state index contributed by atoms with van der Waals surface area (Å²) in [5.41, 5.74) is 0. The van der Waals surface area contributed by atoms with Gasteiger partial charge in [0.2, 0.25) is 0 Å². The Labute approximate surface area is 99.5 Å². The van der Waals surface area contributed by atoms with E-state index < -0.39 is 0 Å². The summed E-state index contributed by atoms with van der Waals surface area (Å²) in [6.07, 6.45) is 0. The van der Waals surface area contributed by atoms with Crippen molar-refractivity contribution < 1.29 is 84.3 Å². The van der Waals surface area contributed by atoms with Crippen LogP contribution in [0.2, 0.25) is 0 Å². The second-order valence-corrected chi connectivity index (χ2v) is 0. The number of rotatable bonds is 0. The van der Waals surface area contributed by atoms with Crippen molar-refractivity contribution in [2.75, 3.05) is 0 Å². The maximum atomic E-state index is 0. The Balaban J connectivity index is 0. The van der Waals surface area contributed by atoms with E-state index in [-0.39, 0.29) is 101 Å². The average Bonchev–Trinajstić information content (AvgIpc) is 0. The molecule has 0 aromatic heterocycles. The maximum absolute atomic E-state index is 0. The summed E-state index contributed by atoms with van der Waals surface area (Å²) in [5, 5.41) is 0. The zero-order valence-corrected chi connectivity index (χ0v) is 14.1. The second kappa shape index (κ2) is 26.7. The van der Waals surface area contributed by atoms with E-state index in [4.69, 9.17) is 0 Å². The van der Waals surface area contributed by atoms with Gasteiger partial charge in [0.25, 0.3) is 0 Å². The molecular formula is H2Mo2SeW2. The molecule has 0 aliphatic carbocycles. The van der Waals surface area contributed by atoms with Crippen molar-refractivity contribution in [1.29, 1.82) is 0 Å². The van der Waals surface area contributed by atoms with Crippen LogP contribution in [0.15, 0.2) is 0 Å². The molecule has 0 radical (unpaired) electrons. The first kappa shape index (κ1) is 40.9. The minimum absolute atomic E-state index is 0. The van der Waals surface area contributed by atoms with E-state index >= 15 is 0 Å². The van der Waals surface area contributed by atoms with E-state index in [9.17, 15) is 0 Å². The smallest absolute Gasteiger partial charge is 0 e. The molecule has 0 aliphatic heterocycles. The van der Waals surface area contributed by atoms with Crippen LogP contribution in [-0.4, -0.2) is 17.1 Å². The molecule has 0 nitrogen and oxygen atoms in total. The molecule has 0 N–H and O–H groups in total. The monoisotopic (exact) mass is 646 g/mol. The molecule has 0 bridgehead atoms. The Morgan fingerprint density at radius 2 is 0.600 bits per heavy atom. The first-order valence-corrected chi connectivity index (χ1v) is 0. The number of hydrogen-bond acceptors (Lipinski definition) is 0. The fraction of sp³-hybridized carbons (Fsp3) is 0. The molecule has 0 saturated carbocycles. The molecule has 0 heterocycles. The summed E-state index contributed by atoms with van der Waals surface area (Å²) in [7, 11) is 0. The molecular weight excluding hydrogens is 639 g/mol. The first-order chi connectivity index (χ1) is 0. The average molecular weight is 641 g/mol. The van der Waals surface area contributed by atoms with Gasteiger partial charge in [-0.2, -0.15) is 0 Å². The van der Waals surface area contributed by atoms with Crippen molar-refractivity contribution in [1.82, 2.24) is 0 Å². The van der Waals surface area contributed by atoms with Crippen molar-refractivity contribution in [3.8, 4) is 0 Å². The van der Waals surface area contributed by atoms with Crippen LogP contribution in [0.1, 0.15) is 0 Å². The molecule has 5 heavy (non-hydrogen) atoms. The summed E-state index contributed by atoms with van der Waals surface area (Å²) in [6.45, 7) is 0. The van der Waals surface area contributed by atoms with Crippen LogP contribution in [0.3, 0.4) is 0 Å². The predicted octanol–water partition coefficient (Wildman–Crippen LogP) is -0.926. The van der Waals surface area contributed by atoms with Crippen molar-refractivity contribution in [3.05, 3.63) is 0 Å². The Morgan fingerprint density at radius 1 is 0.600 bits per heavy atom. The molecule has 0 atom stereocenters. The van der Waals surface area contributed by atoms with Gasteiger partial charge >= 0.3 is 17.1 Å².